The third-order valence-electron chi connectivity index (χ3n) is 7.38. The molecule has 3 atom stereocenters. The second-order valence-corrected chi connectivity index (χ2v) is 8.84. The Labute approximate surface area is 154 Å². The largest absolute Gasteiger partial charge is 0.352 e. The highest BCUT2D eigenvalue weighted by Crippen LogP contribution is 2.44. The van der Waals surface area contributed by atoms with Crippen LogP contribution in [0.2, 0.25) is 0 Å². The maximum atomic E-state index is 2.97. The molecule has 2 saturated carbocycles. The molecule has 0 aromatic heterocycles. The Morgan fingerprint density at radius 2 is 1.48 bits per heavy atom. The van der Waals surface area contributed by atoms with Crippen molar-refractivity contribution in [3.63, 3.8) is 0 Å². The standard InChI is InChI=1S/C23H36N2/c1-17-11-7-10-16-22(17)24-18(2)23(20-12-5-4-6-13-20)25(19(24)3)21-14-8-9-15-21/h7,10-11,16,18-21,23H,4-6,8-9,12-15H2,1-3H3/t18-,19?,23?/m0/s1. The van der Waals surface area contributed by atoms with Gasteiger partial charge in [-0.05, 0) is 64.0 Å². The number of benzene rings is 1. The molecule has 1 aromatic carbocycles. The van der Waals surface area contributed by atoms with E-state index >= 15 is 0 Å². The van der Waals surface area contributed by atoms with Crippen LogP contribution in [0.15, 0.2) is 24.3 Å². The van der Waals surface area contributed by atoms with Gasteiger partial charge in [-0.15, -0.1) is 0 Å². The minimum atomic E-state index is 0.533. The zero-order valence-corrected chi connectivity index (χ0v) is 16.5. The molecule has 0 bridgehead atoms. The van der Waals surface area contributed by atoms with Crippen LogP contribution in [0.5, 0.6) is 0 Å². The van der Waals surface area contributed by atoms with Crippen LogP contribution < -0.4 is 4.90 Å². The molecule has 138 valence electrons. The molecule has 1 aromatic rings. The summed E-state index contributed by atoms with van der Waals surface area (Å²) in [7, 11) is 0. The van der Waals surface area contributed by atoms with Gasteiger partial charge in [0.1, 0.15) is 0 Å². The van der Waals surface area contributed by atoms with Crippen molar-refractivity contribution in [1.82, 2.24) is 4.90 Å². The molecule has 2 aliphatic carbocycles. The lowest BCUT2D eigenvalue weighted by molar-refractivity contribution is 0.0818. The average Bonchev–Trinajstić information content (AvgIpc) is 3.23. The lowest BCUT2D eigenvalue weighted by atomic mass is 9.80. The molecule has 1 heterocycles. The van der Waals surface area contributed by atoms with Crippen LogP contribution in [0.25, 0.3) is 0 Å². The van der Waals surface area contributed by atoms with Crippen molar-refractivity contribution in [2.24, 2.45) is 5.92 Å². The van der Waals surface area contributed by atoms with Crippen LogP contribution >= 0.6 is 0 Å². The highest BCUT2D eigenvalue weighted by atomic mass is 15.5. The molecule has 0 spiro atoms. The summed E-state index contributed by atoms with van der Waals surface area (Å²) in [5.74, 6) is 0.904. The Balaban J connectivity index is 1.68. The zero-order chi connectivity index (χ0) is 17.4. The van der Waals surface area contributed by atoms with Crippen LogP contribution in [-0.2, 0) is 0 Å². The van der Waals surface area contributed by atoms with E-state index in [-0.39, 0.29) is 0 Å². The monoisotopic (exact) mass is 340 g/mol. The van der Waals surface area contributed by atoms with E-state index in [4.69, 9.17) is 0 Å². The van der Waals surface area contributed by atoms with Gasteiger partial charge in [0, 0.05) is 23.8 Å². The van der Waals surface area contributed by atoms with Gasteiger partial charge >= 0.3 is 0 Å². The summed E-state index contributed by atoms with van der Waals surface area (Å²) in [6.45, 7) is 7.27. The molecule has 4 rings (SSSR count). The first-order valence-electron chi connectivity index (χ1n) is 10.8. The van der Waals surface area contributed by atoms with Crippen molar-refractivity contribution in [3.05, 3.63) is 29.8 Å². The smallest absolute Gasteiger partial charge is 0.0801 e. The van der Waals surface area contributed by atoms with Crippen molar-refractivity contribution in [1.29, 1.82) is 0 Å². The number of hydrogen-bond acceptors (Lipinski definition) is 2. The average molecular weight is 341 g/mol. The molecule has 1 saturated heterocycles. The number of para-hydroxylation sites is 1. The molecular formula is C23H36N2. The summed E-state index contributed by atoms with van der Waals surface area (Å²) in [5, 5.41) is 0. The minimum Gasteiger partial charge on any atom is -0.352 e. The highest BCUT2D eigenvalue weighted by molar-refractivity contribution is 5.56. The van der Waals surface area contributed by atoms with E-state index in [2.05, 4.69) is 54.8 Å². The third kappa shape index (κ3) is 3.12. The molecule has 1 aliphatic heterocycles. The topological polar surface area (TPSA) is 6.48 Å². The van der Waals surface area contributed by atoms with Gasteiger partial charge in [0.15, 0.2) is 0 Å². The maximum Gasteiger partial charge on any atom is 0.0801 e. The maximum absolute atomic E-state index is 2.97. The van der Waals surface area contributed by atoms with Gasteiger partial charge < -0.3 is 4.90 Å². The summed E-state index contributed by atoms with van der Waals surface area (Å²) in [6.07, 6.45) is 13.5. The quantitative estimate of drug-likeness (QED) is 0.692. The van der Waals surface area contributed by atoms with Crippen LogP contribution in [0, 0.1) is 12.8 Å². The van der Waals surface area contributed by atoms with Gasteiger partial charge in [0.05, 0.1) is 6.17 Å². The number of rotatable bonds is 3. The lowest BCUT2D eigenvalue weighted by Crippen LogP contribution is -2.48. The molecule has 2 heteroatoms. The predicted molar refractivity (Wildman–Crippen MR) is 107 cm³/mol. The van der Waals surface area contributed by atoms with Gasteiger partial charge in [-0.1, -0.05) is 50.3 Å². The summed E-state index contributed by atoms with van der Waals surface area (Å²) < 4.78 is 0. The number of aryl methyl sites for hydroxylation is 1. The Morgan fingerprint density at radius 1 is 0.840 bits per heavy atom. The number of hydrogen-bond donors (Lipinski definition) is 0. The molecule has 2 unspecified atom stereocenters. The molecule has 2 nitrogen and oxygen atoms in total. The summed E-state index contributed by atoms with van der Waals surface area (Å²) in [6, 6.07) is 11.2. The first kappa shape index (κ1) is 17.4. The van der Waals surface area contributed by atoms with Gasteiger partial charge in [-0.3, -0.25) is 4.90 Å². The second kappa shape index (κ2) is 7.31. The van der Waals surface area contributed by atoms with Gasteiger partial charge in [0.25, 0.3) is 0 Å². The van der Waals surface area contributed by atoms with E-state index in [1.165, 1.54) is 69.0 Å². The van der Waals surface area contributed by atoms with E-state index in [9.17, 15) is 0 Å². The zero-order valence-electron chi connectivity index (χ0n) is 16.5. The van der Waals surface area contributed by atoms with Crippen LogP contribution in [0.4, 0.5) is 5.69 Å². The van der Waals surface area contributed by atoms with E-state index in [1.807, 2.05) is 0 Å². The minimum absolute atomic E-state index is 0.533. The van der Waals surface area contributed by atoms with Crippen molar-refractivity contribution in [2.45, 2.75) is 103 Å². The first-order valence-corrected chi connectivity index (χ1v) is 10.8. The van der Waals surface area contributed by atoms with Crippen molar-refractivity contribution in [3.8, 4) is 0 Å². The van der Waals surface area contributed by atoms with Gasteiger partial charge in [-0.25, -0.2) is 0 Å². The summed E-state index contributed by atoms with van der Waals surface area (Å²) in [5.41, 5.74) is 2.89. The molecule has 3 fully saturated rings. The van der Waals surface area contributed by atoms with Crippen LogP contribution in [0.3, 0.4) is 0 Å². The van der Waals surface area contributed by atoms with E-state index in [1.54, 1.807) is 0 Å². The van der Waals surface area contributed by atoms with Crippen molar-refractivity contribution in [2.75, 3.05) is 4.90 Å². The van der Waals surface area contributed by atoms with E-state index in [0.717, 1.165) is 18.0 Å². The molecule has 0 N–H and O–H groups in total. The predicted octanol–water partition coefficient (Wildman–Crippen LogP) is 5.74. The lowest BCUT2D eigenvalue weighted by Gasteiger charge is -2.39. The fraction of sp³-hybridized carbons (Fsp3) is 0.739. The number of nitrogens with zero attached hydrogens (tertiary/aromatic N) is 2. The second-order valence-electron chi connectivity index (χ2n) is 8.84. The fourth-order valence-electron chi connectivity index (χ4n) is 6.28. The van der Waals surface area contributed by atoms with Crippen molar-refractivity contribution >= 4 is 5.69 Å². The highest BCUT2D eigenvalue weighted by Gasteiger charge is 2.49. The summed E-state index contributed by atoms with van der Waals surface area (Å²) >= 11 is 0. The SMILES string of the molecule is Cc1ccccc1N1C(C)N(C2CCCC2)C(C2CCCCC2)[C@@H]1C. The molecule has 3 aliphatic rings. The molecule has 25 heavy (non-hydrogen) atoms. The fourth-order valence-corrected chi connectivity index (χ4v) is 6.28. The third-order valence-corrected chi connectivity index (χ3v) is 7.38. The Hall–Kier alpha value is -1.02. The van der Waals surface area contributed by atoms with Crippen LogP contribution in [0.1, 0.15) is 77.2 Å². The summed E-state index contributed by atoms with van der Waals surface area (Å²) in [4.78, 5) is 5.73. The van der Waals surface area contributed by atoms with Crippen molar-refractivity contribution < 1.29 is 0 Å². The van der Waals surface area contributed by atoms with Crippen LogP contribution in [-0.4, -0.2) is 29.2 Å². The molecule has 0 radical (unpaired) electrons. The molecular weight excluding hydrogens is 304 g/mol. The Morgan fingerprint density at radius 3 is 2.16 bits per heavy atom. The Kier molecular flexibility index (Phi) is 5.08. The molecule has 0 amide bonds. The van der Waals surface area contributed by atoms with Gasteiger partial charge in [0.2, 0.25) is 0 Å². The number of anilines is 1. The normalized spacial score (nSPS) is 32.6. The van der Waals surface area contributed by atoms with E-state index in [0.29, 0.717) is 12.2 Å². The van der Waals surface area contributed by atoms with Gasteiger partial charge in [-0.2, -0.15) is 0 Å². The Bertz CT molecular complexity index is 571. The van der Waals surface area contributed by atoms with E-state index < -0.39 is 0 Å². The first-order chi connectivity index (χ1) is 12.2.